The fourth-order valence-corrected chi connectivity index (χ4v) is 2.83. The molecule has 0 aliphatic heterocycles. The minimum absolute atomic E-state index is 0.0567. The summed E-state index contributed by atoms with van der Waals surface area (Å²) in [5.41, 5.74) is 0. The molecule has 0 bridgehead atoms. The molecule has 2 saturated carbocycles. The van der Waals surface area contributed by atoms with Crippen LogP contribution < -0.4 is 5.32 Å². The highest BCUT2D eigenvalue weighted by Crippen LogP contribution is 2.21. The highest BCUT2D eigenvalue weighted by atomic mass is 16.3. The monoisotopic (exact) mass is 223 g/mol. The van der Waals surface area contributed by atoms with Crippen LogP contribution in [-0.4, -0.2) is 18.1 Å². The van der Waals surface area contributed by atoms with Gasteiger partial charge in [0.2, 0.25) is 0 Å². The van der Waals surface area contributed by atoms with Crippen LogP contribution in [0.2, 0.25) is 0 Å². The molecular formula is C13H23N2O. The highest BCUT2D eigenvalue weighted by Gasteiger charge is 2.17. The summed E-state index contributed by atoms with van der Waals surface area (Å²) < 4.78 is 0. The number of rotatable bonds is 2. The summed E-state index contributed by atoms with van der Waals surface area (Å²) in [6, 6.07) is 0.643. The Kier molecular flexibility index (Phi) is 4.49. The van der Waals surface area contributed by atoms with Gasteiger partial charge in [-0.15, -0.1) is 0 Å². The number of nitrogens with one attached hydrogen (secondary N) is 1. The van der Waals surface area contributed by atoms with Gasteiger partial charge in [-0.2, -0.15) is 0 Å². The van der Waals surface area contributed by atoms with Crippen LogP contribution in [0.15, 0.2) is 4.99 Å². The van der Waals surface area contributed by atoms with E-state index in [2.05, 4.69) is 10.3 Å². The zero-order valence-corrected chi connectivity index (χ0v) is 10.1. The molecule has 3 nitrogen and oxygen atoms in total. The second kappa shape index (κ2) is 6.12. The van der Waals surface area contributed by atoms with E-state index in [1.807, 2.05) is 0 Å². The zero-order chi connectivity index (χ0) is 11.2. The zero-order valence-electron chi connectivity index (χ0n) is 10.1. The molecule has 0 saturated heterocycles. The van der Waals surface area contributed by atoms with Crippen molar-refractivity contribution in [3.63, 3.8) is 0 Å². The summed E-state index contributed by atoms with van der Waals surface area (Å²) in [6.45, 7) is 0. The van der Waals surface area contributed by atoms with Crippen LogP contribution in [0.4, 0.5) is 0 Å². The maximum Gasteiger partial charge on any atom is 0.336 e. The van der Waals surface area contributed by atoms with Gasteiger partial charge in [0.25, 0.3) is 0 Å². The van der Waals surface area contributed by atoms with Crippen LogP contribution in [0.1, 0.15) is 64.2 Å². The summed E-state index contributed by atoms with van der Waals surface area (Å²) in [6.07, 6.45) is 12.1. The van der Waals surface area contributed by atoms with E-state index in [-0.39, 0.29) is 6.02 Å². The molecule has 1 N–H and O–H groups in total. The first-order chi connectivity index (χ1) is 7.84. The molecule has 0 atom stereocenters. The summed E-state index contributed by atoms with van der Waals surface area (Å²) in [7, 11) is 0. The van der Waals surface area contributed by atoms with Crippen molar-refractivity contribution >= 4 is 6.02 Å². The highest BCUT2D eigenvalue weighted by molar-refractivity contribution is 5.71. The second-order valence-corrected chi connectivity index (χ2v) is 5.21. The molecule has 0 spiro atoms. The molecular weight excluding hydrogens is 200 g/mol. The number of hydrogen-bond donors (Lipinski definition) is 1. The lowest BCUT2D eigenvalue weighted by Crippen LogP contribution is -2.36. The van der Waals surface area contributed by atoms with Gasteiger partial charge in [0, 0.05) is 6.04 Å². The average Bonchev–Trinajstić information content (AvgIpc) is 2.31. The van der Waals surface area contributed by atoms with Gasteiger partial charge in [-0.3, -0.25) is 0 Å². The Hall–Kier alpha value is -0.730. The van der Waals surface area contributed by atoms with Gasteiger partial charge in [-0.25, -0.2) is 10.1 Å². The Morgan fingerprint density at radius 3 is 2.06 bits per heavy atom. The van der Waals surface area contributed by atoms with Gasteiger partial charge < -0.3 is 5.32 Å². The SMILES string of the molecule is [O]/C(=N\C1CCCCC1)NC1CCCCC1. The van der Waals surface area contributed by atoms with E-state index in [0.29, 0.717) is 12.1 Å². The predicted molar refractivity (Wildman–Crippen MR) is 65.0 cm³/mol. The molecule has 91 valence electrons. The number of aliphatic imine (C=N–C) groups is 1. The first-order valence-electron chi connectivity index (χ1n) is 6.86. The first-order valence-corrected chi connectivity index (χ1v) is 6.86. The normalized spacial score (nSPS) is 25.6. The minimum atomic E-state index is -0.0567. The van der Waals surface area contributed by atoms with Crippen LogP contribution in [0, 0.1) is 0 Å². The van der Waals surface area contributed by atoms with Crippen LogP contribution in [0.3, 0.4) is 0 Å². The van der Waals surface area contributed by atoms with E-state index in [0.717, 1.165) is 25.7 Å². The molecule has 1 radical (unpaired) electrons. The topological polar surface area (TPSA) is 44.3 Å². The molecule has 0 amide bonds. The lowest BCUT2D eigenvalue weighted by Gasteiger charge is -2.23. The molecule has 0 unspecified atom stereocenters. The van der Waals surface area contributed by atoms with Crippen molar-refractivity contribution in [2.75, 3.05) is 0 Å². The lowest BCUT2D eigenvalue weighted by atomic mass is 9.95. The molecule has 0 aromatic heterocycles. The Bertz CT molecular complexity index is 228. The largest absolute Gasteiger partial charge is 0.336 e. The summed E-state index contributed by atoms with van der Waals surface area (Å²) in [5.74, 6) is 0. The second-order valence-electron chi connectivity index (χ2n) is 5.21. The Morgan fingerprint density at radius 2 is 1.44 bits per heavy atom. The summed E-state index contributed by atoms with van der Waals surface area (Å²) in [5, 5.41) is 14.8. The van der Waals surface area contributed by atoms with Gasteiger partial charge in [0.15, 0.2) is 0 Å². The van der Waals surface area contributed by atoms with Gasteiger partial charge in [0.1, 0.15) is 0 Å². The summed E-state index contributed by atoms with van der Waals surface area (Å²) >= 11 is 0. The van der Waals surface area contributed by atoms with Gasteiger partial charge >= 0.3 is 6.02 Å². The third kappa shape index (κ3) is 3.69. The number of hydrogen-bond acceptors (Lipinski definition) is 1. The molecule has 3 heteroatoms. The van der Waals surface area contributed by atoms with E-state index in [1.165, 1.54) is 38.5 Å². The third-order valence-corrected chi connectivity index (χ3v) is 3.81. The Balaban J connectivity index is 1.76. The van der Waals surface area contributed by atoms with E-state index in [9.17, 15) is 5.11 Å². The quantitative estimate of drug-likeness (QED) is 0.567. The van der Waals surface area contributed by atoms with Crippen LogP contribution in [-0.2, 0) is 5.11 Å². The van der Waals surface area contributed by atoms with Crippen molar-refractivity contribution < 1.29 is 5.11 Å². The third-order valence-electron chi connectivity index (χ3n) is 3.81. The maximum atomic E-state index is 11.7. The van der Waals surface area contributed by atoms with Crippen molar-refractivity contribution in [3.05, 3.63) is 0 Å². The molecule has 0 heterocycles. The smallest absolute Gasteiger partial charge is 0.334 e. The Morgan fingerprint density at radius 1 is 0.875 bits per heavy atom. The maximum absolute atomic E-state index is 11.7. The standard InChI is InChI=1S/C13H23N2O/c16-13(14-11-7-3-1-4-8-11)15-12-9-5-2-6-10-12/h11-12H,1-10H2,(H,14,15). The van der Waals surface area contributed by atoms with Gasteiger partial charge in [-0.05, 0) is 25.7 Å². The number of amidine groups is 1. The Labute approximate surface area is 98.3 Å². The minimum Gasteiger partial charge on any atom is -0.334 e. The fourth-order valence-electron chi connectivity index (χ4n) is 2.83. The molecule has 2 rings (SSSR count). The molecule has 16 heavy (non-hydrogen) atoms. The lowest BCUT2D eigenvalue weighted by molar-refractivity contribution is 0.338. The van der Waals surface area contributed by atoms with Crippen molar-refractivity contribution in [2.24, 2.45) is 4.99 Å². The van der Waals surface area contributed by atoms with E-state index in [4.69, 9.17) is 0 Å². The predicted octanol–water partition coefficient (Wildman–Crippen LogP) is 3.03. The molecule has 0 aromatic carbocycles. The van der Waals surface area contributed by atoms with Crippen molar-refractivity contribution in [1.29, 1.82) is 0 Å². The van der Waals surface area contributed by atoms with E-state index < -0.39 is 0 Å². The molecule has 0 aromatic rings. The molecule has 2 aliphatic carbocycles. The average molecular weight is 223 g/mol. The van der Waals surface area contributed by atoms with E-state index in [1.54, 1.807) is 0 Å². The van der Waals surface area contributed by atoms with Crippen LogP contribution >= 0.6 is 0 Å². The van der Waals surface area contributed by atoms with Gasteiger partial charge in [0.05, 0.1) is 6.04 Å². The van der Waals surface area contributed by atoms with Crippen molar-refractivity contribution in [3.8, 4) is 0 Å². The van der Waals surface area contributed by atoms with Crippen molar-refractivity contribution in [1.82, 2.24) is 5.32 Å². The fraction of sp³-hybridized carbons (Fsp3) is 0.923. The van der Waals surface area contributed by atoms with E-state index >= 15 is 0 Å². The van der Waals surface area contributed by atoms with Crippen LogP contribution in [0.5, 0.6) is 0 Å². The first kappa shape index (κ1) is 11.7. The number of nitrogens with zero attached hydrogens (tertiary/aromatic N) is 1. The van der Waals surface area contributed by atoms with Gasteiger partial charge in [-0.1, -0.05) is 38.5 Å². The molecule has 2 fully saturated rings. The summed E-state index contributed by atoms with van der Waals surface area (Å²) in [4.78, 5) is 4.28. The van der Waals surface area contributed by atoms with Crippen LogP contribution in [0.25, 0.3) is 0 Å². The molecule has 2 aliphatic rings. The van der Waals surface area contributed by atoms with Crippen molar-refractivity contribution in [2.45, 2.75) is 76.3 Å².